The number of furan rings is 1. The van der Waals surface area contributed by atoms with Gasteiger partial charge in [-0.2, -0.15) is 0 Å². The zero-order valence-electron chi connectivity index (χ0n) is 11.6. The van der Waals surface area contributed by atoms with E-state index in [-0.39, 0.29) is 18.5 Å². The first-order chi connectivity index (χ1) is 9.01. The molecule has 0 spiro atoms. The zero-order valence-corrected chi connectivity index (χ0v) is 11.6. The van der Waals surface area contributed by atoms with E-state index in [0.717, 1.165) is 12.2 Å². The normalized spacial score (nSPS) is 12.2. The maximum Gasteiger partial charge on any atom is 0.321 e. The fraction of sp³-hybridized carbons (Fsp3) is 0.538. The molecule has 1 atom stereocenters. The molecule has 0 aliphatic rings. The quantitative estimate of drug-likeness (QED) is 0.815. The van der Waals surface area contributed by atoms with Crippen LogP contribution in [0.15, 0.2) is 22.8 Å². The van der Waals surface area contributed by atoms with Gasteiger partial charge >= 0.3 is 6.03 Å². The smallest absolute Gasteiger partial charge is 0.321 e. The van der Waals surface area contributed by atoms with Gasteiger partial charge in [0.15, 0.2) is 0 Å². The minimum absolute atomic E-state index is 0.0497. The molecule has 1 aromatic heterocycles. The Kier molecular flexibility index (Phi) is 6.08. The third kappa shape index (κ3) is 6.05. The third-order valence-corrected chi connectivity index (χ3v) is 2.66. The van der Waals surface area contributed by atoms with Gasteiger partial charge in [0.05, 0.1) is 19.4 Å². The van der Waals surface area contributed by atoms with Gasteiger partial charge in [-0.15, -0.1) is 0 Å². The number of hydrogen-bond acceptors (Lipinski definition) is 4. The Morgan fingerprint density at radius 2 is 2.21 bits per heavy atom. The van der Waals surface area contributed by atoms with Crippen LogP contribution in [0, 0.1) is 0 Å². The predicted molar refractivity (Wildman–Crippen MR) is 71.5 cm³/mol. The molecule has 19 heavy (non-hydrogen) atoms. The molecule has 2 N–H and O–H groups in total. The van der Waals surface area contributed by atoms with Crippen LogP contribution in [0.25, 0.3) is 0 Å². The van der Waals surface area contributed by atoms with E-state index in [1.807, 2.05) is 19.9 Å². The summed E-state index contributed by atoms with van der Waals surface area (Å²) in [5.74, 6) is 0.439. The van der Waals surface area contributed by atoms with Crippen molar-refractivity contribution in [2.45, 2.75) is 32.9 Å². The molecule has 0 saturated carbocycles. The molecule has 6 nitrogen and oxygen atoms in total. The highest BCUT2D eigenvalue weighted by Gasteiger charge is 2.12. The van der Waals surface area contributed by atoms with Crippen molar-refractivity contribution in [2.24, 2.45) is 0 Å². The van der Waals surface area contributed by atoms with Crippen molar-refractivity contribution in [3.8, 4) is 0 Å². The average Bonchev–Trinajstić information content (AvgIpc) is 2.80. The first-order valence-electron chi connectivity index (χ1n) is 6.32. The van der Waals surface area contributed by atoms with Crippen molar-refractivity contribution in [1.29, 1.82) is 0 Å². The van der Waals surface area contributed by atoms with Gasteiger partial charge in [-0.3, -0.25) is 15.0 Å². The summed E-state index contributed by atoms with van der Waals surface area (Å²) in [6.07, 6.45) is 2.41. The van der Waals surface area contributed by atoms with Gasteiger partial charge in [-0.1, -0.05) is 6.92 Å². The highest BCUT2D eigenvalue weighted by Crippen LogP contribution is 2.02. The van der Waals surface area contributed by atoms with E-state index in [1.54, 1.807) is 24.3 Å². The van der Waals surface area contributed by atoms with Crippen LogP contribution in [0.4, 0.5) is 4.79 Å². The molecule has 106 valence electrons. The summed E-state index contributed by atoms with van der Waals surface area (Å²) < 4.78 is 5.18. The summed E-state index contributed by atoms with van der Waals surface area (Å²) in [4.78, 5) is 24.8. The van der Waals surface area contributed by atoms with E-state index in [0.29, 0.717) is 6.54 Å². The Hall–Kier alpha value is -1.82. The van der Waals surface area contributed by atoms with E-state index < -0.39 is 6.03 Å². The van der Waals surface area contributed by atoms with Gasteiger partial charge < -0.3 is 9.73 Å². The standard InChI is InChI=1S/C13H21N3O3/c1-4-10(2)14-13(18)15-12(17)9-16(3)8-11-6-5-7-19-11/h5-7,10H,4,8-9H2,1-3H3,(H2,14,15,17,18)/t10-/m0/s1. The molecule has 6 heteroatoms. The summed E-state index contributed by atoms with van der Waals surface area (Å²) in [7, 11) is 1.79. The van der Waals surface area contributed by atoms with Crippen LogP contribution < -0.4 is 10.6 Å². The van der Waals surface area contributed by atoms with Crippen molar-refractivity contribution < 1.29 is 14.0 Å². The lowest BCUT2D eigenvalue weighted by Crippen LogP contribution is -2.46. The van der Waals surface area contributed by atoms with Gasteiger partial charge in [-0.05, 0) is 32.5 Å². The minimum Gasteiger partial charge on any atom is -0.468 e. The molecule has 0 unspecified atom stereocenters. The number of hydrogen-bond donors (Lipinski definition) is 2. The fourth-order valence-corrected chi connectivity index (χ4v) is 1.50. The Balaban J connectivity index is 2.28. The van der Waals surface area contributed by atoms with Crippen molar-refractivity contribution in [3.63, 3.8) is 0 Å². The Bertz CT molecular complexity index is 403. The van der Waals surface area contributed by atoms with Crippen molar-refractivity contribution in [3.05, 3.63) is 24.2 Å². The maximum absolute atomic E-state index is 11.6. The molecule has 1 aromatic rings. The van der Waals surface area contributed by atoms with E-state index in [4.69, 9.17) is 4.42 Å². The van der Waals surface area contributed by atoms with Gasteiger partial charge in [0.25, 0.3) is 0 Å². The summed E-state index contributed by atoms with van der Waals surface area (Å²) in [5, 5.41) is 4.97. The van der Waals surface area contributed by atoms with Gasteiger partial charge in [0.2, 0.25) is 5.91 Å². The van der Waals surface area contributed by atoms with Crippen LogP contribution in [-0.4, -0.2) is 36.5 Å². The van der Waals surface area contributed by atoms with Crippen LogP contribution in [0.1, 0.15) is 26.0 Å². The number of amides is 3. The number of rotatable bonds is 6. The maximum atomic E-state index is 11.6. The lowest BCUT2D eigenvalue weighted by Gasteiger charge is -2.15. The molecule has 0 aliphatic carbocycles. The van der Waals surface area contributed by atoms with Crippen LogP contribution in [0.3, 0.4) is 0 Å². The number of likely N-dealkylation sites (N-methyl/N-ethyl adjacent to an activating group) is 1. The summed E-state index contributed by atoms with van der Waals surface area (Å²) in [5.41, 5.74) is 0. The van der Waals surface area contributed by atoms with Gasteiger partial charge in [0, 0.05) is 6.04 Å². The van der Waals surface area contributed by atoms with Crippen LogP contribution >= 0.6 is 0 Å². The van der Waals surface area contributed by atoms with E-state index in [1.165, 1.54) is 0 Å². The highest BCUT2D eigenvalue weighted by atomic mass is 16.3. The Morgan fingerprint density at radius 1 is 1.47 bits per heavy atom. The Morgan fingerprint density at radius 3 is 2.79 bits per heavy atom. The van der Waals surface area contributed by atoms with Crippen LogP contribution in [0.5, 0.6) is 0 Å². The number of urea groups is 1. The highest BCUT2D eigenvalue weighted by molar-refractivity contribution is 5.95. The minimum atomic E-state index is -0.453. The lowest BCUT2D eigenvalue weighted by atomic mass is 10.3. The topological polar surface area (TPSA) is 74.6 Å². The molecule has 1 heterocycles. The number of carbonyl (C=O) groups excluding carboxylic acids is 2. The second-order valence-corrected chi connectivity index (χ2v) is 4.58. The average molecular weight is 267 g/mol. The fourth-order valence-electron chi connectivity index (χ4n) is 1.50. The second kappa shape index (κ2) is 7.58. The first-order valence-corrected chi connectivity index (χ1v) is 6.32. The molecular formula is C13H21N3O3. The number of imide groups is 1. The lowest BCUT2D eigenvalue weighted by molar-refractivity contribution is -0.121. The summed E-state index contributed by atoms with van der Waals surface area (Å²) >= 11 is 0. The van der Waals surface area contributed by atoms with Crippen molar-refractivity contribution in [2.75, 3.05) is 13.6 Å². The van der Waals surface area contributed by atoms with E-state index in [9.17, 15) is 9.59 Å². The molecule has 1 rings (SSSR count). The van der Waals surface area contributed by atoms with Crippen LogP contribution in [0.2, 0.25) is 0 Å². The molecule has 0 fully saturated rings. The molecule has 0 aliphatic heterocycles. The third-order valence-electron chi connectivity index (χ3n) is 2.66. The number of carbonyl (C=O) groups is 2. The van der Waals surface area contributed by atoms with Crippen molar-refractivity contribution in [1.82, 2.24) is 15.5 Å². The summed E-state index contributed by atoms with van der Waals surface area (Å²) in [6.45, 7) is 4.50. The van der Waals surface area contributed by atoms with E-state index >= 15 is 0 Å². The van der Waals surface area contributed by atoms with Crippen LogP contribution in [-0.2, 0) is 11.3 Å². The molecular weight excluding hydrogens is 246 g/mol. The zero-order chi connectivity index (χ0) is 14.3. The van der Waals surface area contributed by atoms with Crippen molar-refractivity contribution >= 4 is 11.9 Å². The van der Waals surface area contributed by atoms with Gasteiger partial charge in [0.1, 0.15) is 5.76 Å². The SMILES string of the molecule is CC[C@H](C)NC(=O)NC(=O)CN(C)Cc1ccco1. The monoisotopic (exact) mass is 267 g/mol. The molecule has 0 saturated heterocycles. The van der Waals surface area contributed by atoms with Gasteiger partial charge in [-0.25, -0.2) is 4.79 Å². The molecule has 3 amide bonds. The largest absolute Gasteiger partial charge is 0.468 e. The summed E-state index contributed by atoms with van der Waals surface area (Å²) in [6, 6.07) is 3.23. The molecule has 0 aromatic carbocycles. The predicted octanol–water partition coefficient (Wildman–Crippen LogP) is 1.34. The second-order valence-electron chi connectivity index (χ2n) is 4.58. The molecule has 0 radical (unpaired) electrons. The number of nitrogens with zero attached hydrogens (tertiary/aromatic N) is 1. The first kappa shape index (κ1) is 15.2. The molecule has 0 bridgehead atoms. The van der Waals surface area contributed by atoms with E-state index in [2.05, 4.69) is 10.6 Å². The Labute approximate surface area is 113 Å². The number of nitrogens with one attached hydrogen (secondary N) is 2.